The number of alkyl halides is 4. The van der Waals surface area contributed by atoms with Gasteiger partial charge in [-0.05, 0) is 24.3 Å². The van der Waals surface area contributed by atoms with Crippen LogP contribution >= 0.6 is 11.6 Å². The van der Waals surface area contributed by atoms with Crippen molar-refractivity contribution in [1.29, 1.82) is 0 Å². The van der Waals surface area contributed by atoms with E-state index < -0.39 is 17.6 Å². The average molecular weight is 335 g/mol. The summed E-state index contributed by atoms with van der Waals surface area (Å²) in [6, 6.07) is 4.03. The van der Waals surface area contributed by atoms with E-state index in [-0.39, 0.29) is 23.3 Å². The molecule has 0 aromatic heterocycles. The Morgan fingerprint density at radius 2 is 1.82 bits per heavy atom. The van der Waals surface area contributed by atoms with Crippen LogP contribution in [0.3, 0.4) is 0 Å². The highest BCUT2D eigenvalue weighted by Gasteiger charge is 2.31. The molecule has 1 aromatic carbocycles. The Kier molecular flexibility index (Phi) is 4.95. The van der Waals surface area contributed by atoms with Gasteiger partial charge in [0.2, 0.25) is 5.91 Å². The molecule has 0 unspecified atom stereocenters. The average Bonchev–Trinajstić information content (AvgIpc) is 2.44. The Morgan fingerprint density at radius 1 is 1.23 bits per heavy atom. The molecule has 1 N–H and O–H groups in total. The molecule has 1 fully saturated rings. The van der Waals surface area contributed by atoms with Gasteiger partial charge in [-0.3, -0.25) is 9.59 Å². The van der Waals surface area contributed by atoms with Crippen LogP contribution in [0, 0.1) is 5.92 Å². The Bertz CT molecular complexity index is 554. The Morgan fingerprint density at radius 3 is 2.32 bits per heavy atom. The second-order valence-electron chi connectivity index (χ2n) is 5.08. The zero-order chi connectivity index (χ0) is 16.3. The molecule has 2 amide bonds. The van der Waals surface area contributed by atoms with E-state index in [9.17, 15) is 22.8 Å². The molecule has 1 aromatic rings. The minimum atomic E-state index is -4.42. The van der Waals surface area contributed by atoms with Crippen molar-refractivity contribution >= 4 is 23.4 Å². The van der Waals surface area contributed by atoms with Crippen LogP contribution in [0.25, 0.3) is 0 Å². The molecule has 0 saturated carbocycles. The van der Waals surface area contributed by atoms with Gasteiger partial charge in [0, 0.05) is 31.1 Å². The molecular formula is C14H14ClF3N2O2. The first-order valence-electron chi connectivity index (χ1n) is 6.60. The topological polar surface area (TPSA) is 49.4 Å². The summed E-state index contributed by atoms with van der Waals surface area (Å²) in [5, 5.41) is 2.65. The molecule has 1 aliphatic rings. The van der Waals surface area contributed by atoms with Crippen molar-refractivity contribution in [2.45, 2.75) is 6.18 Å². The largest absolute Gasteiger partial charge is 0.416 e. The van der Waals surface area contributed by atoms with E-state index in [0.29, 0.717) is 19.6 Å². The number of rotatable bonds is 4. The van der Waals surface area contributed by atoms with Crippen molar-refractivity contribution < 1.29 is 22.8 Å². The van der Waals surface area contributed by atoms with Crippen LogP contribution in [0.4, 0.5) is 13.2 Å². The predicted molar refractivity (Wildman–Crippen MR) is 74.6 cm³/mol. The molecule has 1 saturated heterocycles. The summed E-state index contributed by atoms with van der Waals surface area (Å²) in [6.45, 7) is 1.42. The van der Waals surface area contributed by atoms with Crippen LogP contribution in [0.2, 0.25) is 0 Å². The third kappa shape index (κ3) is 3.91. The lowest BCUT2D eigenvalue weighted by molar-refractivity contribution is -0.137. The molecule has 0 bridgehead atoms. The van der Waals surface area contributed by atoms with Gasteiger partial charge in [-0.1, -0.05) is 0 Å². The van der Waals surface area contributed by atoms with Gasteiger partial charge in [0.05, 0.1) is 5.56 Å². The molecule has 1 aliphatic heterocycles. The summed E-state index contributed by atoms with van der Waals surface area (Å²) in [6.07, 6.45) is -4.42. The monoisotopic (exact) mass is 334 g/mol. The first-order chi connectivity index (χ1) is 10.3. The number of likely N-dealkylation sites (tertiary alicyclic amines) is 1. The minimum absolute atomic E-state index is 0.0648. The molecule has 2 rings (SSSR count). The van der Waals surface area contributed by atoms with Gasteiger partial charge < -0.3 is 10.2 Å². The molecular weight excluding hydrogens is 321 g/mol. The predicted octanol–water partition coefficient (Wildman–Crippen LogP) is 2.13. The van der Waals surface area contributed by atoms with Crippen molar-refractivity contribution in [2.75, 3.05) is 25.5 Å². The molecule has 120 valence electrons. The quantitative estimate of drug-likeness (QED) is 0.858. The summed E-state index contributed by atoms with van der Waals surface area (Å²) in [7, 11) is 0. The number of nitrogens with one attached hydrogen (secondary N) is 1. The van der Waals surface area contributed by atoms with E-state index in [0.717, 1.165) is 24.3 Å². The first kappa shape index (κ1) is 16.6. The van der Waals surface area contributed by atoms with Gasteiger partial charge in [-0.25, -0.2) is 0 Å². The van der Waals surface area contributed by atoms with Gasteiger partial charge in [-0.15, -0.1) is 11.6 Å². The lowest BCUT2D eigenvalue weighted by atomic mass is 10.00. The maximum atomic E-state index is 12.4. The molecule has 0 aliphatic carbocycles. The van der Waals surface area contributed by atoms with Crippen LogP contribution < -0.4 is 5.32 Å². The second kappa shape index (κ2) is 6.56. The van der Waals surface area contributed by atoms with E-state index in [1.807, 2.05) is 0 Å². The fraction of sp³-hybridized carbons (Fsp3) is 0.429. The van der Waals surface area contributed by atoms with Crippen molar-refractivity contribution in [3.8, 4) is 0 Å². The van der Waals surface area contributed by atoms with E-state index in [4.69, 9.17) is 11.6 Å². The third-order valence-corrected chi connectivity index (χ3v) is 3.68. The maximum Gasteiger partial charge on any atom is 0.416 e. The summed E-state index contributed by atoms with van der Waals surface area (Å²) in [5.41, 5.74) is -0.626. The van der Waals surface area contributed by atoms with E-state index in [2.05, 4.69) is 5.32 Å². The van der Waals surface area contributed by atoms with Crippen LogP contribution in [0.5, 0.6) is 0 Å². The van der Waals surface area contributed by atoms with E-state index in [1.165, 1.54) is 0 Å². The number of halogens is 4. The second-order valence-corrected chi connectivity index (χ2v) is 5.35. The number of carbonyl (C=O) groups is 2. The van der Waals surface area contributed by atoms with Crippen LogP contribution in [0.15, 0.2) is 24.3 Å². The highest BCUT2D eigenvalue weighted by atomic mass is 35.5. The SMILES string of the molecule is O=C(NCC1CN(C(=O)CCl)C1)c1ccc(C(F)(F)F)cc1. The Hall–Kier alpha value is -1.76. The lowest BCUT2D eigenvalue weighted by Gasteiger charge is -2.39. The molecule has 0 spiro atoms. The summed E-state index contributed by atoms with van der Waals surface area (Å²) >= 11 is 5.42. The number of hydrogen-bond acceptors (Lipinski definition) is 2. The molecule has 8 heteroatoms. The fourth-order valence-corrected chi connectivity index (χ4v) is 2.31. The van der Waals surface area contributed by atoms with E-state index in [1.54, 1.807) is 4.90 Å². The zero-order valence-electron chi connectivity index (χ0n) is 11.5. The maximum absolute atomic E-state index is 12.4. The smallest absolute Gasteiger partial charge is 0.352 e. The molecule has 4 nitrogen and oxygen atoms in total. The molecule has 0 atom stereocenters. The van der Waals surface area contributed by atoms with Crippen LogP contribution in [0.1, 0.15) is 15.9 Å². The molecule has 0 radical (unpaired) electrons. The number of carbonyl (C=O) groups excluding carboxylic acids is 2. The Labute approximate surface area is 130 Å². The van der Waals surface area contributed by atoms with Gasteiger partial charge in [0.15, 0.2) is 0 Å². The molecule has 22 heavy (non-hydrogen) atoms. The Balaban J connectivity index is 1.80. The minimum Gasteiger partial charge on any atom is -0.352 e. The first-order valence-corrected chi connectivity index (χ1v) is 7.14. The van der Waals surface area contributed by atoms with Gasteiger partial charge in [0.25, 0.3) is 5.91 Å². The van der Waals surface area contributed by atoms with Crippen LogP contribution in [-0.2, 0) is 11.0 Å². The van der Waals surface area contributed by atoms with Crippen molar-refractivity contribution in [3.63, 3.8) is 0 Å². The van der Waals surface area contributed by atoms with Gasteiger partial charge in [-0.2, -0.15) is 13.2 Å². The zero-order valence-corrected chi connectivity index (χ0v) is 12.2. The van der Waals surface area contributed by atoms with Crippen molar-refractivity contribution in [1.82, 2.24) is 10.2 Å². The number of amides is 2. The van der Waals surface area contributed by atoms with Crippen molar-refractivity contribution in [2.24, 2.45) is 5.92 Å². The number of nitrogens with zero attached hydrogens (tertiary/aromatic N) is 1. The van der Waals surface area contributed by atoms with Crippen LogP contribution in [-0.4, -0.2) is 42.2 Å². The number of benzene rings is 1. The summed E-state index contributed by atoms with van der Waals surface area (Å²) in [4.78, 5) is 24.6. The van der Waals surface area contributed by atoms with Gasteiger partial charge in [0.1, 0.15) is 5.88 Å². The lowest BCUT2D eigenvalue weighted by Crippen LogP contribution is -2.54. The van der Waals surface area contributed by atoms with Crippen molar-refractivity contribution in [3.05, 3.63) is 35.4 Å². The third-order valence-electron chi connectivity index (χ3n) is 3.45. The summed E-state index contributed by atoms with van der Waals surface area (Å²) < 4.78 is 37.3. The van der Waals surface area contributed by atoms with E-state index >= 15 is 0 Å². The number of hydrogen-bond donors (Lipinski definition) is 1. The summed E-state index contributed by atoms with van der Waals surface area (Å²) in [5.74, 6) is -0.502. The fourth-order valence-electron chi connectivity index (χ4n) is 2.14. The standard InChI is InChI=1S/C14H14ClF3N2O2/c15-5-12(21)20-7-9(8-20)6-19-13(22)10-1-3-11(4-2-10)14(16,17)18/h1-4,9H,5-8H2,(H,19,22). The normalized spacial score (nSPS) is 15.4. The highest BCUT2D eigenvalue weighted by molar-refractivity contribution is 6.27. The highest BCUT2D eigenvalue weighted by Crippen LogP contribution is 2.29. The molecule has 1 heterocycles. The van der Waals surface area contributed by atoms with Gasteiger partial charge >= 0.3 is 6.18 Å².